The quantitative estimate of drug-likeness (QED) is 0.871. The third-order valence-corrected chi connectivity index (χ3v) is 5.53. The number of fused-ring (bicyclic) bond motifs is 1. The predicted octanol–water partition coefficient (Wildman–Crippen LogP) is 2.60. The molecule has 124 valence electrons. The lowest BCUT2D eigenvalue weighted by Crippen LogP contribution is -2.31. The van der Waals surface area contributed by atoms with Crippen LogP contribution in [0.2, 0.25) is 0 Å². The molecule has 0 aromatic carbocycles. The van der Waals surface area contributed by atoms with Gasteiger partial charge in [0.05, 0.1) is 0 Å². The zero-order chi connectivity index (χ0) is 16.4. The summed E-state index contributed by atoms with van der Waals surface area (Å²) in [6.45, 7) is 1.75. The lowest BCUT2D eigenvalue weighted by atomic mass is 9.72. The summed E-state index contributed by atoms with van der Waals surface area (Å²) in [4.78, 5) is 27.5. The second-order valence-electron chi connectivity index (χ2n) is 6.93. The van der Waals surface area contributed by atoms with Crippen LogP contribution in [0, 0.1) is 17.8 Å². The van der Waals surface area contributed by atoms with Gasteiger partial charge in [0.1, 0.15) is 5.82 Å². The van der Waals surface area contributed by atoms with Crippen LogP contribution in [0.5, 0.6) is 0 Å². The van der Waals surface area contributed by atoms with Gasteiger partial charge in [0.2, 0.25) is 0 Å². The summed E-state index contributed by atoms with van der Waals surface area (Å²) in [7, 11) is 0. The Hall–Kier alpha value is -2.30. The fourth-order valence-electron chi connectivity index (χ4n) is 4.36. The lowest BCUT2D eigenvalue weighted by Gasteiger charge is -2.32. The minimum atomic E-state index is 0.140. The van der Waals surface area contributed by atoms with E-state index in [1.165, 1.54) is 19.3 Å². The molecule has 5 heteroatoms. The number of rotatable bonds is 3. The third kappa shape index (κ3) is 3.03. The zero-order valence-electron chi connectivity index (χ0n) is 13.7. The van der Waals surface area contributed by atoms with Crippen molar-refractivity contribution in [2.45, 2.75) is 25.7 Å². The highest BCUT2D eigenvalue weighted by molar-refractivity contribution is 5.94. The molecule has 2 aromatic rings. The molecule has 1 amide bonds. The van der Waals surface area contributed by atoms with Crippen LogP contribution in [0.15, 0.2) is 43.0 Å². The van der Waals surface area contributed by atoms with Crippen molar-refractivity contribution < 1.29 is 4.79 Å². The van der Waals surface area contributed by atoms with E-state index in [0.717, 1.165) is 30.9 Å². The van der Waals surface area contributed by atoms with Crippen LogP contribution in [0.4, 0.5) is 0 Å². The number of aromatic nitrogens is 3. The Balaban J connectivity index is 1.47. The number of carbonyl (C=O) groups excluding carboxylic acids is 1. The smallest absolute Gasteiger partial charge is 0.253 e. The van der Waals surface area contributed by atoms with Crippen LogP contribution in [0.25, 0.3) is 0 Å². The van der Waals surface area contributed by atoms with Gasteiger partial charge >= 0.3 is 0 Å². The Morgan fingerprint density at radius 1 is 1.08 bits per heavy atom. The molecule has 2 aromatic heterocycles. The SMILES string of the molecule is O=C(c1ccncc1)N1C[C@H]2CCC[C@H](Cc3ncccn3)[C@H]2C1. The summed E-state index contributed by atoms with van der Waals surface area (Å²) < 4.78 is 0. The topological polar surface area (TPSA) is 59.0 Å². The van der Waals surface area contributed by atoms with E-state index in [4.69, 9.17) is 0 Å². The van der Waals surface area contributed by atoms with Crippen molar-refractivity contribution in [2.75, 3.05) is 13.1 Å². The van der Waals surface area contributed by atoms with E-state index in [-0.39, 0.29) is 5.91 Å². The maximum absolute atomic E-state index is 12.7. The molecule has 1 saturated heterocycles. The number of carbonyl (C=O) groups is 1. The Bertz CT molecular complexity index is 691. The van der Waals surface area contributed by atoms with E-state index in [1.807, 2.05) is 23.4 Å². The first-order chi connectivity index (χ1) is 11.8. The van der Waals surface area contributed by atoms with E-state index < -0.39 is 0 Å². The predicted molar refractivity (Wildman–Crippen MR) is 90.2 cm³/mol. The molecule has 0 spiro atoms. The van der Waals surface area contributed by atoms with E-state index in [9.17, 15) is 4.79 Å². The molecule has 5 nitrogen and oxygen atoms in total. The molecule has 1 saturated carbocycles. The van der Waals surface area contributed by atoms with Crippen LogP contribution < -0.4 is 0 Å². The van der Waals surface area contributed by atoms with Crippen LogP contribution in [0.3, 0.4) is 0 Å². The number of pyridine rings is 1. The van der Waals surface area contributed by atoms with Crippen molar-refractivity contribution in [1.82, 2.24) is 19.9 Å². The molecule has 2 aliphatic rings. The minimum absolute atomic E-state index is 0.140. The van der Waals surface area contributed by atoms with E-state index >= 15 is 0 Å². The highest BCUT2D eigenvalue weighted by atomic mass is 16.2. The summed E-state index contributed by atoms with van der Waals surface area (Å²) in [6, 6.07) is 5.47. The molecule has 2 fully saturated rings. The third-order valence-electron chi connectivity index (χ3n) is 5.53. The normalized spacial score (nSPS) is 26.2. The number of hydrogen-bond acceptors (Lipinski definition) is 4. The Labute approximate surface area is 142 Å². The fraction of sp³-hybridized carbons (Fsp3) is 0.474. The average Bonchev–Trinajstić information content (AvgIpc) is 3.08. The first-order valence-corrected chi connectivity index (χ1v) is 8.76. The summed E-state index contributed by atoms with van der Waals surface area (Å²) in [5, 5.41) is 0. The van der Waals surface area contributed by atoms with E-state index in [0.29, 0.717) is 17.8 Å². The van der Waals surface area contributed by atoms with Crippen molar-refractivity contribution in [3.63, 3.8) is 0 Å². The number of amides is 1. The van der Waals surface area contributed by atoms with Crippen LogP contribution in [0.1, 0.15) is 35.4 Å². The van der Waals surface area contributed by atoms with Crippen molar-refractivity contribution in [3.8, 4) is 0 Å². The maximum Gasteiger partial charge on any atom is 0.253 e. The molecule has 0 N–H and O–H groups in total. The fourth-order valence-corrected chi connectivity index (χ4v) is 4.36. The van der Waals surface area contributed by atoms with Gasteiger partial charge in [-0.25, -0.2) is 9.97 Å². The van der Waals surface area contributed by atoms with Gasteiger partial charge in [-0.15, -0.1) is 0 Å². The summed E-state index contributed by atoms with van der Waals surface area (Å²) in [6.07, 6.45) is 11.6. The lowest BCUT2D eigenvalue weighted by molar-refractivity contribution is 0.0781. The van der Waals surface area contributed by atoms with Crippen molar-refractivity contribution in [2.24, 2.45) is 17.8 Å². The second-order valence-corrected chi connectivity index (χ2v) is 6.93. The van der Waals surface area contributed by atoms with Gasteiger partial charge < -0.3 is 4.90 Å². The standard InChI is InChI=1S/C19H22N4O/c24-19(14-5-9-20-10-6-14)23-12-16-4-1-3-15(17(16)13-23)11-18-21-7-2-8-22-18/h2,5-10,15-17H,1,3-4,11-13H2/t15-,16-,17-/m1/s1. The first-order valence-electron chi connectivity index (χ1n) is 8.76. The number of hydrogen-bond donors (Lipinski definition) is 0. The van der Waals surface area contributed by atoms with Gasteiger partial charge in [0.15, 0.2) is 0 Å². The van der Waals surface area contributed by atoms with Crippen molar-refractivity contribution in [1.29, 1.82) is 0 Å². The second kappa shape index (κ2) is 6.67. The summed E-state index contributed by atoms with van der Waals surface area (Å²) >= 11 is 0. The van der Waals surface area contributed by atoms with Gasteiger partial charge in [0.25, 0.3) is 5.91 Å². The van der Waals surface area contributed by atoms with Gasteiger partial charge in [-0.05, 0) is 48.8 Å². The maximum atomic E-state index is 12.7. The molecular formula is C19H22N4O. The van der Waals surface area contributed by atoms with Gasteiger partial charge in [0, 0.05) is 49.9 Å². The largest absolute Gasteiger partial charge is 0.338 e. The molecule has 3 atom stereocenters. The first kappa shape index (κ1) is 15.2. The molecule has 3 heterocycles. The molecule has 0 bridgehead atoms. The molecule has 24 heavy (non-hydrogen) atoms. The molecule has 4 rings (SSSR count). The van der Waals surface area contributed by atoms with E-state index in [2.05, 4.69) is 15.0 Å². The summed E-state index contributed by atoms with van der Waals surface area (Å²) in [5.41, 5.74) is 0.742. The Morgan fingerprint density at radius 2 is 1.88 bits per heavy atom. The highest BCUT2D eigenvalue weighted by Crippen LogP contribution is 2.41. The van der Waals surface area contributed by atoms with Crippen molar-refractivity contribution >= 4 is 5.91 Å². The molecule has 1 aliphatic heterocycles. The van der Waals surface area contributed by atoms with Crippen LogP contribution >= 0.6 is 0 Å². The minimum Gasteiger partial charge on any atom is -0.338 e. The highest BCUT2D eigenvalue weighted by Gasteiger charge is 2.41. The molecule has 0 unspecified atom stereocenters. The zero-order valence-corrected chi connectivity index (χ0v) is 13.7. The van der Waals surface area contributed by atoms with Gasteiger partial charge in [-0.2, -0.15) is 0 Å². The monoisotopic (exact) mass is 322 g/mol. The Morgan fingerprint density at radius 3 is 2.67 bits per heavy atom. The van der Waals surface area contributed by atoms with Crippen LogP contribution in [-0.4, -0.2) is 38.8 Å². The van der Waals surface area contributed by atoms with E-state index in [1.54, 1.807) is 24.5 Å². The molecule has 0 radical (unpaired) electrons. The number of nitrogens with zero attached hydrogens (tertiary/aromatic N) is 4. The van der Waals surface area contributed by atoms with Crippen molar-refractivity contribution in [3.05, 3.63) is 54.4 Å². The van der Waals surface area contributed by atoms with Gasteiger partial charge in [-0.3, -0.25) is 9.78 Å². The summed E-state index contributed by atoms with van der Waals surface area (Å²) in [5.74, 6) is 2.86. The number of likely N-dealkylation sites (tertiary alicyclic amines) is 1. The van der Waals surface area contributed by atoms with Gasteiger partial charge in [-0.1, -0.05) is 6.42 Å². The molecule has 1 aliphatic carbocycles. The van der Waals surface area contributed by atoms with Crippen LogP contribution in [-0.2, 0) is 6.42 Å². The average molecular weight is 322 g/mol. The molecular weight excluding hydrogens is 300 g/mol. The Kier molecular flexibility index (Phi) is 4.24.